The number of alkyl carbamates (subject to hydrolysis) is 1. The van der Waals surface area contributed by atoms with Gasteiger partial charge in [0.2, 0.25) is 5.12 Å². The third kappa shape index (κ3) is 14.8. The number of hydrogen-bond acceptors (Lipinski definition) is 8. The van der Waals surface area contributed by atoms with E-state index in [2.05, 4.69) is 30.6 Å². The van der Waals surface area contributed by atoms with Gasteiger partial charge in [-0.05, 0) is 51.5 Å². The van der Waals surface area contributed by atoms with Gasteiger partial charge >= 0.3 is 6.09 Å². The van der Waals surface area contributed by atoms with Crippen LogP contribution in [0.25, 0.3) is 0 Å². The number of rotatable bonds is 11. The highest BCUT2D eigenvalue weighted by atomic mass is 32.2. The molecule has 0 bridgehead atoms. The Morgan fingerprint density at radius 2 is 1.60 bits per heavy atom. The molecule has 0 aromatic rings. The van der Waals surface area contributed by atoms with Crippen molar-refractivity contribution in [2.75, 3.05) is 23.0 Å². The molecule has 0 aromatic carbocycles. The maximum absolute atomic E-state index is 12.3. The van der Waals surface area contributed by atoms with Crippen LogP contribution >= 0.6 is 48.8 Å². The Kier molecular flexibility index (Phi) is 14.1. The van der Waals surface area contributed by atoms with Gasteiger partial charge in [0.1, 0.15) is 11.6 Å². The van der Waals surface area contributed by atoms with E-state index in [0.717, 1.165) is 36.1 Å². The predicted octanol–water partition coefficient (Wildman–Crippen LogP) is 3.82. The average molecular weight is 428 g/mol. The first-order valence-corrected chi connectivity index (χ1v) is 11.5. The summed E-state index contributed by atoms with van der Waals surface area (Å²) in [6, 6.07) is -0.728. The summed E-state index contributed by atoms with van der Waals surface area (Å²) in [6.07, 6.45) is 1.53. The highest BCUT2D eigenvalue weighted by molar-refractivity contribution is 8.14. The summed E-state index contributed by atoms with van der Waals surface area (Å²) in [5.41, 5.74) is -0.643. The summed E-state index contributed by atoms with van der Waals surface area (Å²) < 4.78 is 5.21. The SMILES string of the molecule is CC(C)(C)OC(=O)NC(CCC(=O)SCCCS)C(=O)SCCCS. The zero-order chi connectivity index (χ0) is 19.3. The summed E-state index contributed by atoms with van der Waals surface area (Å²) >= 11 is 10.6. The van der Waals surface area contributed by atoms with Crippen LogP contribution in [0.3, 0.4) is 0 Å². The molecule has 25 heavy (non-hydrogen) atoms. The van der Waals surface area contributed by atoms with Crippen molar-refractivity contribution in [3.8, 4) is 0 Å². The van der Waals surface area contributed by atoms with Gasteiger partial charge in [0.15, 0.2) is 5.12 Å². The number of nitrogens with one attached hydrogen (secondary N) is 1. The van der Waals surface area contributed by atoms with Crippen molar-refractivity contribution in [2.45, 2.75) is 58.1 Å². The lowest BCUT2D eigenvalue weighted by Gasteiger charge is -2.22. The molecule has 0 spiro atoms. The molecule has 1 unspecified atom stereocenters. The van der Waals surface area contributed by atoms with Crippen LogP contribution in [0.5, 0.6) is 0 Å². The quantitative estimate of drug-likeness (QED) is 0.344. The molecule has 0 aliphatic rings. The topological polar surface area (TPSA) is 72.5 Å². The van der Waals surface area contributed by atoms with Gasteiger partial charge in [-0.1, -0.05) is 23.5 Å². The number of carbonyl (C=O) groups excluding carboxylic acids is 3. The first kappa shape index (κ1) is 25.0. The van der Waals surface area contributed by atoms with E-state index < -0.39 is 17.7 Å². The monoisotopic (exact) mass is 427 g/mol. The molecule has 5 nitrogen and oxygen atoms in total. The summed E-state index contributed by atoms with van der Waals surface area (Å²) in [6.45, 7) is 5.27. The molecule has 146 valence electrons. The van der Waals surface area contributed by atoms with E-state index in [9.17, 15) is 14.4 Å². The molecule has 0 rings (SSSR count). The summed E-state index contributed by atoms with van der Waals surface area (Å²) in [5, 5.41) is 2.47. The summed E-state index contributed by atoms with van der Waals surface area (Å²) in [5.74, 6) is 2.80. The van der Waals surface area contributed by atoms with Crippen LogP contribution in [0.15, 0.2) is 0 Å². The lowest BCUT2D eigenvalue weighted by molar-refractivity contribution is -0.113. The molecule has 0 aromatic heterocycles. The van der Waals surface area contributed by atoms with E-state index in [4.69, 9.17) is 4.74 Å². The van der Waals surface area contributed by atoms with Crippen LogP contribution in [0, 0.1) is 0 Å². The lowest BCUT2D eigenvalue weighted by atomic mass is 10.2. The van der Waals surface area contributed by atoms with Gasteiger partial charge in [0, 0.05) is 17.9 Å². The Morgan fingerprint density at radius 3 is 2.12 bits per heavy atom. The summed E-state index contributed by atoms with van der Waals surface area (Å²) in [4.78, 5) is 36.2. The normalized spacial score (nSPS) is 12.5. The average Bonchev–Trinajstić information content (AvgIpc) is 2.50. The molecule has 0 saturated heterocycles. The van der Waals surface area contributed by atoms with E-state index in [-0.39, 0.29) is 23.1 Å². The fraction of sp³-hybridized carbons (Fsp3) is 0.812. The minimum atomic E-state index is -0.728. The van der Waals surface area contributed by atoms with Gasteiger partial charge in [-0.15, -0.1) is 0 Å². The summed E-state index contributed by atoms with van der Waals surface area (Å²) in [7, 11) is 0. The Balaban J connectivity index is 4.58. The zero-order valence-corrected chi connectivity index (χ0v) is 18.5. The van der Waals surface area contributed by atoms with Crippen molar-refractivity contribution in [3.05, 3.63) is 0 Å². The number of carbonyl (C=O) groups is 3. The number of thiol groups is 2. The zero-order valence-electron chi connectivity index (χ0n) is 15.1. The number of hydrogen-bond donors (Lipinski definition) is 3. The van der Waals surface area contributed by atoms with E-state index in [1.54, 1.807) is 20.8 Å². The van der Waals surface area contributed by atoms with Gasteiger partial charge in [-0.25, -0.2) is 4.79 Å². The molecular formula is C16H29NO4S4. The maximum atomic E-state index is 12.3. The first-order valence-electron chi connectivity index (χ1n) is 8.23. The largest absolute Gasteiger partial charge is 0.444 e. The Labute approximate surface area is 170 Å². The van der Waals surface area contributed by atoms with E-state index >= 15 is 0 Å². The Morgan fingerprint density at radius 1 is 1.04 bits per heavy atom. The standard InChI is InChI=1S/C16H29NO4S4/c1-16(2,3)21-15(20)17-12(14(19)25-11-5-9-23)6-7-13(18)24-10-4-8-22/h12,22-23H,4-11H2,1-3H3,(H,17,20). The predicted molar refractivity (Wildman–Crippen MR) is 114 cm³/mol. The molecule has 0 heterocycles. The third-order valence-corrected chi connectivity index (χ3v) is 5.44. The number of amides is 1. The second kappa shape index (κ2) is 14.1. The molecule has 9 heteroatoms. The van der Waals surface area contributed by atoms with Crippen molar-refractivity contribution in [3.63, 3.8) is 0 Å². The molecule has 0 aliphatic carbocycles. The van der Waals surface area contributed by atoms with Gasteiger partial charge < -0.3 is 10.1 Å². The van der Waals surface area contributed by atoms with Gasteiger partial charge in [0.05, 0.1) is 0 Å². The van der Waals surface area contributed by atoms with Crippen LogP contribution < -0.4 is 5.32 Å². The van der Waals surface area contributed by atoms with Crippen LogP contribution in [0.4, 0.5) is 4.79 Å². The van der Waals surface area contributed by atoms with Crippen molar-refractivity contribution in [2.24, 2.45) is 0 Å². The Bertz CT molecular complexity index is 427. The lowest BCUT2D eigenvalue weighted by Crippen LogP contribution is -2.43. The minimum absolute atomic E-state index is 0.0194. The van der Waals surface area contributed by atoms with Gasteiger partial charge in [0.25, 0.3) is 0 Å². The number of ether oxygens (including phenoxy) is 1. The second-order valence-corrected chi connectivity index (χ2v) is 9.43. The van der Waals surface area contributed by atoms with Crippen LogP contribution in [-0.2, 0) is 14.3 Å². The maximum Gasteiger partial charge on any atom is 0.408 e. The van der Waals surface area contributed by atoms with Crippen molar-refractivity contribution < 1.29 is 19.1 Å². The third-order valence-electron chi connectivity index (χ3n) is 2.72. The van der Waals surface area contributed by atoms with Crippen molar-refractivity contribution >= 4 is 65.1 Å². The fourth-order valence-electron chi connectivity index (χ4n) is 1.62. The highest BCUT2D eigenvalue weighted by Gasteiger charge is 2.25. The molecule has 1 N–H and O–H groups in total. The van der Waals surface area contributed by atoms with E-state index in [1.807, 2.05) is 0 Å². The molecule has 0 aliphatic heterocycles. The van der Waals surface area contributed by atoms with E-state index in [0.29, 0.717) is 11.5 Å². The van der Waals surface area contributed by atoms with Crippen molar-refractivity contribution in [1.82, 2.24) is 5.32 Å². The highest BCUT2D eigenvalue weighted by Crippen LogP contribution is 2.16. The smallest absolute Gasteiger partial charge is 0.408 e. The van der Waals surface area contributed by atoms with Crippen molar-refractivity contribution in [1.29, 1.82) is 0 Å². The first-order chi connectivity index (χ1) is 11.7. The molecular weight excluding hydrogens is 398 g/mol. The van der Waals surface area contributed by atoms with Gasteiger partial charge in [-0.3, -0.25) is 9.59 Å². The molecule has 0 saturated carbocycles. The van der Waals surface area contributed by atoms with Gasteiger partial charge in [-0.2, -0.15) is 25.3 Å². The molecule has 1 atom stereocenters. The minimum Gasteiger partial charge on any atom is -0.444 e. The molecule has 0 fully saturated rings. The molecule has 0 radical (unpaired) electrons. The van der Waals surface area contributed by atoms with Crippen LogP contribution in [-0.4, -0.2) is 51.0 Å². The molecule has 1 amide bonds. The second-order valence-electron chi connectivity index (χ2n) is 6.28. The van der Waals surface area contributed by atoms with E-state index in [1.165, 1.54) is 11.8 Å². The Hall–Kier alpha value is 0.01000. The number of thioether (sulfide) groups is 2. The fourth-order valence-corrected chi connectivity index (χ4v) is 4.01. The van der Waals surface area contributed by atoms with Crippen LogP contribution in [0.1, 0.15) is 46.5 Å². The van der Waals surface area contributed by atoms with Crippen LogP contribution in [0.2, 0.25) is 0 Å².